The van der Waals surface area contributed by atoms with E-state index in [-0.39, 0.29) is 0 Å². The van der Waals surface area contributed by atoms with Crippen LogP contribution >= 0.6 is 0 Å². The Kier molecular flexibility index (Phi) is 9.16. The zero-order chi connectivity index (χ0) is 41.6. The molecule has 0 saturated heterocycles. The molecule has 11 rings (SSSR count). The van der Waals surface area contributed by atoms with Gasteiger partial charge in [0.15, 0.2) is 0 Å². The summed E-state index contributed by atoms with van der Waals surface area (Å²) in [6.07, 6.45) is 0. The molecule has 0 bridgehead atoms. The van der Waals surface area contributed by atoms with Gasteiger partial charge in [0, 0.05) is 50.6 Å². The SMILES string of the molecule is Cc1cc(-n2c3ccc(N(c4ccccc4)c4ccccc4)cc3c3cc(N(c4ccccc4)c4ccccc4)ccc32)c(C)cc1-c1ccc(-n2nnc3ccccc32)cc1. The van der Waals surface area contributed by atoms with Crippen molar-refractivity contribution in [1.29, 1.82) is 0 Å². The van der Waals surface area contributed by atoms with E-state index in [1.165, 1.54) is 27.5 Å². The standard InChI is InChI=1S/C56H42N6/c1-39-36-56(40(2)35-49(39)41-27-29-46(30-28-41)62-55-26-16-15-25-52(55)57-58-62)61-53-33-31-47(59(42-17-7-3-8-18-42)43-19-9-4-10-20-43)37-50(53)51-38-48(32-34-54(51)61)60(44-21-11-5-12-22-44)45-23-13-6-14-24-45/h3-38H,1-2H3. The Balaban J connectivity index is 1.08. The fourth-order valence-corrected chi connectivity index (χ4v) is 8.93. The minimum atomic E-state index is 0.880. The van der Waals surface area contributed by atoms with E-state index < -0.39 is 0 Å². The average Bonchev–Trinajstić information content (AvgIpc) is 3.90. The van der Waals surface area contributed by atoms with Crippen LogP contribution in [0, 0.1) is 13.8 Å². The summed E-state index contributed by atoms with van der Waals surface area (Å²) in [4.78, 5) is 4.68. The van der Waals surface area contributed by atoms with Crippen molar-refractivity contribution in [3.8, 4) is 22.5 Å². The van der Waals surface area contributed by atoms with Gasteiger partial charge < -0.3 is 14.4 Å². The molecule has 0 fully saturated rings. The molecule has 62 heavy (non-hydrogen) atoms. The second-order valence-corrected chi connectivity index (χ2v) is 15.7. The van der Waals surface area contributed by atoms with Crippen LogP contribution in [-0.2, 0) is 0 Å². The van der Waals surface area contributed by atoms with E-state index >= 15 is 0 Å². The van der Waals surface area contributed by atoms with E-state index in [1.54, 1.807) is 0 Å². The highest BCUT2D eigenvalue weighted by Crippen LogP contribution is 2.43. The number of rotatable bonds is 9. The highest BCUT2D eigenvalue weighted by atomic mass is 15.4. The molecule has 0 aliphatic heterocycles. The minimum absolute atomic E-state index is 0.880. The molecule has 0 atom stereocenters. The molecule has 0 amide bonds. The molecule has 0 aliphatic carbocycles. The summed E-state index contributed by atoms with van der Waals surface area (Å²) >= 11 is 0. The van der Waals surface area contributed by atoms with Crippen LogP contribution in [0.15, 0.2) is 218 Å². The first kappa shape index (κ1) is 36.8. The fourth-order valence-electron chi connectivity index (χ4n) is 8.93. The van der Waals surface area contributed by atoms with Gasteiger partial charge in [-0.15, -0.1) is 5.10 Å². The molecule has 0 radical (unpaired) electrons. The van der Waals surface area contributed by atoms with E-state index in [1.807, 2.05) is 22.9 Å². The predicted molar refractivity (Wildman–Crippen MR) is 257 cm³/mol. The van der Waals surface area contributed by atoms with Gasteiger partial charge in [-0.2, -0.15) is 0 Å². The molecule has 6 heteroatoms. The monoisotopic (exact) mass is 798 g/mol. The number of aryl methyl sites for hydroxylation is 2. The number of hydrogen-bond acceptors (Lipinski definition) is 4. The van der Waals surface area contributed by atoms with Crippen molar-refractivity contribution in [2.45, 2.75) is 13.8 Å². The number of aromatic nitrogens is 4. The lowest BCUT2D eigenvalue weighted by atomic mass is 9.97. The van der Waals surface area contributed by atoms with Gasteiger partial charge in [0.25, 0.3) is 0 Å². The van der Waals surface area contributed by atoms with Crippen LogP contribution in [0.4, 0.5) is 34.1 Å². The first-order valence-electron chi connectivity index (χ1n) is 21.0. The van der Waals surface area contributed by atoms with Crippen molar-refractivity contribution in [1.82, 2.24) is 19.6 Å². The van der Waals surface area contributed by atoms with Gasteiger partial charge >= 0.3 is 0 Å². The van der Waals surface area contributed by atoms with E-state index in [0.29, 0.717) is 0 Å². The number of benzene rings is 9. The summed E-state index contributed by atoms with van der Waals surface area (Å²) in [6.45, 7) is 4.45. The van der Waals surface area contributed by atoms with Gasteiger partial charge in [-0.3, -0.25) is 0 Å². The van der Waals surface area contributed by atoms with Crippen LogP contribution < -0.4 is 9.80 Å². The molecule has 0 aliphatic rings. The molecule has 0 saturated carbocycles. The lowest BCUT2D eigenvalue weighted by molar-refractivity contribution is 0.824. The molecular weight excluding hydrogens is 757 g/mol. The molecule has 296 valence electrons. The van der Waals surface area contributed by atoms with E-state index in [0.717, 1.165) is 73.1 Å². The molecule has 11 aromatic rings. The number of fused-ring (bicyclic) bond motifs is 4. The van der Waals surface area contributed by atoms with Crippen LogP contribution in [0.2, 0.25) is 0 Å². The number of hydrogen-bond donors (Lipinski definition) is 0. The quantitative estimate of drug-likeness (QED) is 0.146. The lowest BCUT2D eigenvalue weighted by Crippen LogP contribution is -2.09. The number of anilines is 6. The van der Waals surface area contributed by atoms with Gasteiger partial charge in [0.2, 0.25) is 0 Å². The summed E-state index contributed by atoms with van der Waals surface area (Å²) in [5.74, 6) is 0. The minimum Gasteiger partial charge on any atom is -0.310 e. The molecule has 0 spiro atoms. The maximum absolute atomic E-state index is 4.44. The summed E-state index contributed by atoms with van der Waals surface area (Å²) in [5, 5.41) is 11.2. The van der Waals surface area contributed by atoms with Gasteiger partial charge in [0.05, 0.1) is 22.2 Å². The van der Waals surface area contributed by atoms with Crippen molar-refractivity contribution >= 4 is 67.0 Å². The Hall–Kier alpha value is -8.22. The molecule has 2 heterocycles. The van der Waals surface area contributed by atoms with Crippen molar-refractivity contribution in [2.75, 3.05) is 9.80 Å². The van der Waals surface area contributed by atoms with Crippen LogP contribution in [0.1, 0.15) is 11.1 Å². The highest BCUT2D eigenvalue weighted by molar-refractivity contribution is 6.12. The second-order valence-electron chi connectivity index (χ2n) is 15.7. The lowest BCUT2D eigenvalue weighted by Gasteiger charge is -2.26. The van der Waals surface area contributed by atoms with E-state index in [2.05, 4.69) is 239 Å². The Labute approximate surface area is 360 Å². The molecule has 2 aromatic heterocycles. The summed E-state index contributed by atoms with van der Waals surface area (Å²) < 4.78 is 4.35. The third-order valence-corrected chi connectivity index (χ3v) is 11.9. The van der Waals surface area contributed by atoms with Crippen LogP contribution in [0.3, 0.4) is 0 Å². The average molecular weight is 799 g/mol. The van der Waals surface area contributed by atoms with Crippen molar-refractivity contribution < 1.29 is 0 Å². The molecular formula is C56H42N6. The van der Waals surface area contributed by atoms with Crippen molar-refractivity contribution in [3.05, 3.63) is 230 Å². The summed E-state index contributed by atoms with van der Waals surface area (Å²) in [6, 6.07) is 77.7. The number of nitrogens with zero attached hydrogens (tertiary/aromatic N) is 6. The molecule has 6 nitrogen and oxygen atoms in total. The second kappa shape index (κ2) is 15.4. The molecule has 0 unspecified atom stereocenters. The Morgan fingerprint density at radius 2 is 0.855 bits per heavy atom. The number of para-hydroxylation sites is 5. The molecule has 9 aromatic carbocycles. The highest BCUT2D eigenvalue weighted by Gasteiger charge is 2.21. The largest absolute Gasteiger partial charge is 0.310 e. The maximum Gasteiger partial charge on any atom is 0.113 e. The fraction of sp³-hybridized carbons (Fsp3) is 0.0357. The van der Waals surface area contributed by atoms with Gasteiger partial charge in [-0.1, -0.05) is 102 Å². The van der Waals surface area contributed by atoms with Gasteiger partial charge in [0.1, 0.15) is 5.52 Å². The van der Waals surface area contributed by atoms with Crippen LogP contribution in [-0.4, -0.2) is 19.6 Å². The normalized spacial score (nSPS) is 11.4. The predicted octanol–water partition coefficient (Wildman–Crippen LogP) is 14.7. The van der Waals surface area contributed by atoms with Crippen molar-refractivity contribution in [2.24, 2.45) is 0 Å². The summed E-state index contributed by atoms with van der Waals surface area (Å²) in [5.41, 5.74) is 17.6. The third kappa shape index (κ3) is 6.46. The van der Waals surface area contributed by atoms with E-state index in [9.17, 15) is 0 Å². The Bertz CT molecular complexity index is 3140. The first-order chi connectivity index (χ1) is 30.6. The maximum atomic E-state index is 4.44. The smallest absolute Gasteiger partial charge is 0.113 e. The Morgan fingerprint density at radius 3 is 1.35 bits per heavy atom. The zero-order valence-electron chi connectivity index (χ0n) is 34.5. The van der Waals surface area contributed by atoms with Gasteiger partial charge in [-0.05, 0) is 157 Å². The zero-order valence-corrected chi connectivity index (χ0v) is 34.5. The van der Waals surface area contributed by atoms with Crippen molar-refractivity contribution in [3.63, 3.8) is 0 Å². The summed E-state index contributed by atoms with van der Waals surface area (Å²) in [7, 11) is 0. The van der Waals surface area contributed by atoms with Crippen LogP contribution in [0.25, 0.3) is 55.3 Å². The van der Waals surface area contributed by atoms with E-state index in [4.69, 9.17) is 0 Å². The van der Waals surface area contributed by atoms with Gasteiger partial charge in [-0.25, -0.2) is 4.68 Å². The topological polar surface area (TPSA) is 42.1 Å². The third-order valence-electron chi connectivity index (χ3n) is 11.9. The Morgan fingerprint density at radius 1 is 0.387 bits per heavy atom. The van der Waals surface area contributed by atoms with Crippen LogP contribution in [0.5, 0.6) is 0 Å². The first-order valence-corrected chi connectivity index (χ1v) is 21.0. The molecule has 0 N–H and O–H groups in total.